The Morgan fingerprint density at radius 3 is 2.31 bits per heavy atom. The topological polar surface area (TPSA) is 218 Å². The van der Waals surface area contributed by atoms with Gasteiger partial charge < -0.3 is 46.3 Å². The summed E-state index contributed by atoms with van der Waals surface area (Å²) in [5, 5.41) is 5.64. The van der Waals surface area contributed by atoms with E-state index in [1.54, 1.807) is 12.1 Å². The molecule has 19 heteroatoms. The predicted octanol–water partition coefficient (Wildman–Crippen LogP) is -0.614. The molecule has 0 bridgehead atoms. The standard InChI is InChI=1S/C23H26FN6O9P.Na.H2O.H/c1-23(2)21(31)30(11-38-40(32,33)34)20-14(39-23)6-7-17(28-20)27-19-13(24)10-25-22(29-19)26-12-8-15(35-3)18(37-5)16(9-12)36-4;;;/h6-10H,11H2,1-5H3,(H2,32,33,34)(H2,25,26,27,28,29);;1H2;/q;+1;;-1. The van der Waals surface area contributed by atoms with Gasteiger partial charge in [-0.15, -0.1) is 0 Å². The van der Waals surface area contributed by atoms with Crippen molar-refractivity contribution in [3.63, 3.8) is 0 Å². The van der Waals surface area contributed by atoms with Gasteiger partial charge in [0.05, 0.1) is 27.5 Å². The molecule has 1 amide bonds. The third-order valence-electron chi connectivity index (χ3n) is 5.49. The molecule has 2 aromatic heterocycles. The van der Waals surface area contributed by atoms with Crippen LogP contribution < -0.4 is 64.0 Å². The molecule has 1 aromatic carbocycles. The van der Waals surface area contributed by atoms with Crippen molar-refractivity contribution in [1.29, 1.82) is 0 Å². The van der Waals surface area contributed by atoms with E-state index < -0.39 is 31.9 Å². The first-order chi connectivity index (χ1) is 18.8. The molecule has 42 heavy (non-hydrogen) atoms. The Morgan fingerprint density at radius 1 is 1.10 bits per heavy atom. The van der Waals surface area contributed by atoms with Crippen LogP contribution in [0.15, 0.2) is 30.5 Å². The van der Waals surface area contributed by atoms with Crippen molar-refractivity contribution in [3.8, 4) is 23.0 Å². The van der Waals surface area contributed by atoms with E-state index in [4.69, 9.17) is 28.7 Å². The normalized spacial score (nSPS) is 13.5. The maximum absolute atomic E-state index is 14.7. The number of carbonyl (C=O) groups excluding carboxylic acids is 1. The summed E-state index contributed by atoms with van der Waals surface area (Å²) in [5.41, 5.74) is -0.911. The fourth-order valence-corrected chi connectivity index (χ4v) is 3.96. The van der Waals surface area contributed by atoms with E-state index in [1.165, 1.54) is 47.3 Å². The average Bonchev–Trinajstić information content (AvgIpc) is 2.89. The van der Waals surface area contributed by atoms with Crippen LogP contribution in [-0.2, 0) is 13.9 Å². The van der Waals surface area contributed by atoms with Crippen molar-refractivity contribution in [2.45, 2.75) is 19.4 Å². The number of amides is 1. The molecule has 0 unspecified atom stereocenters. The number of hydrogen-bond acceptors (Lipinski definition) is 12. The van der Waals surface area contributed by atoms with Gasteiger partial charge in [0.25, 0.3) is 5.91 Å². The molecule has 3 aromatic rings. The van der Waals surface area contributed by atoms with E-state index in [-0.39, 0.29) is 65.6 Å². The van der Waals surface area contributed by atoms with E-state index in [1.807, 2.05) is 0 Å². The van der Waals surface area contributed by atoms with Gasteiger partial charge in [-0.05, 0) is 26.0 Å². The quantitative estimate of drug-likeness (QED) is 0.164. The fourth-order valence-electron chi connectivity index (χ4n) is 3.69. The zero-order valence-electron chi connectivity index (χ0n) is 24.5. The summed E-state index contributed by atoms with van der Waals surface area (Å²) < 4.78 is 52.1. The fraction of sp³-hybridized carbons (Fsp3) is 0.304. The van der Waals surface area contributed by atoms with Gasteiger partial charge >= 0.3 is 37.4 Å². The van der Waals surface area contributed by atoms with E-state index >= 15 is 0 Å². The minimum Gasteiger partial charge on any atom is -1.00 e. The largest absolute Gasteiger partial charge is 1.00 e. The van der Waals surface area contributed by atoms with Crippen LogP contribution in [-0.4, -0.2) is 69.8 Å². The van der Waals surface area contributed by atoms with Gasteiger partial charge in [0.1, 0.15) is 12.5 Å². The Hall–Kier alpha value is -3.28. The minimum absolute atomic E-state index is 0. The molecule has 0 aliphatic carbocycles. The number of ether oxygens (including phenoxy) is 4. The maximum Gasteiger partial charge on any atom is 1.00 e. The Balaban J connectivity index is 0.00000308. The van der Waals surface area contributed by atoms with Gasteiger partial charge in [0.2, 0.25) is 11.7 Å². The number of aromatic nitrogens is 3. The van der Waals surface area contributed by atoms with Gasteiger partial charge in [-0.25, -0.2) is 18.9 Å². The van der Waals surface area contributed by atoms with Gasteiger partial charge in [-0.2, -0.15) is 4.98 Å². The average molecular weight is 622 g/mol. The first kappa shape index (κ1) is 34.9. The number of phosphoric acid groups is 1. The second kappa shape index (κ2) is 13.8. The second-order valence-electron chi connectivity index (χ2n) is 8.67. The Labute approximate surface area is 262 Å². The summed E-state index contributed by atoms with van der Waals surface area (Å²) in [5.74, 6) is -0.550. The van der Waals surface area contributed by atoms with Crippen molar-refractivity contribution >= 4 is 42.8 Å². The van der Waals surface area contributed by atoms with Crippen LogP contribution in [0.2, 0.25) is 0 Å². The molecule has 0 radical (unpaired) electrons. The number of anilines is 5. The molecule has 3 heterocycles. The third kappa shape index (κ3) is 7.76. The van der Waals surface area contributed by atoms with Gasteiger partial charge in [-0.1, -0.05) is 0 Å². The van der Waals surface area contributed by atoms with Crippen LogP contribution >= 0.6 is 7.82 Å². The molecular formula is C23H29FN6NaO10P. The molecule has 0 spiro atoms. The summed E-state index contributed by atoms with van der Waals surface area (Å²) >= 11 is 0. The summed E-state index contributed by atoms with van der Waals surface area (Å²) in [6.07, 6.45) is 0.934. The van der Waals surface area contributed by atoms with Gasteiger partial charge in [0, 0.05) is 17.8 Å². The van der Waals surface area contributed by atoms with Crippen LogP contribution in [0.5, 0.6) is 23.0 Å². The first-order valence-electron chi connectivity index (χ1n) is 11.4. The molecule has 0 saturated heterocycles. The first-order valence-corrected chi connectivity index (χ1v) is 13.0. The van der Waals surface area contributed by atoms with Crippen molar-refractivity contribution in [3.05, 3.63) is 36.3 Å². The Kier molecular flexibility index (Phi) is 11.5. The molecule has 1 aliphatic heterocycles. The van der Waals surface area contributed by atoms with Crippen molar-refractivity contribution in [2.75, 3.05) is 43.6 Å². The number of hydrogen-bond donors (Lipinski definition) is 4. The van der Waals surface area contributed by atoms with Crippen LogP contribution in [0.4, 0.5) is 33.5 Å². The maximum atomic E-state index is 14.7. The predicted molar refractivity (Wildman–Crippen MR) is 144 cm³/mol. The van der Waals surface area contributed by atoms with Crippen molar-refractivity contribution in [1.82, 2.24) is 15.0 Å². The number of pyridine rings is 1. The van der Waals surface area contributed by atoms with Gasteiger partial charge in [0.15, 0.2) is 40.3 Å². The van der Waals surface area contributed by atoms with E-state index in [0.717, 1.165) is 11.1 Å². The van der Waals surface area contributed by atoms with Crippen molar-refractivity contribution in [2.24, 2.45) is 0 Å². The van der Waals surface area contributed by atoms with E-state index in [9.17, 15) is 13.8 Å². The number of methoxy groups -OCH3 is 3. The molecular weight excluding hydrogens is 593 g/mol. The van der Waals surface area contributed by atoms with Crippen molar-refractivity contribution < 1.29 is 83.5 Å². The molecule has 6 N–H and O–H groups in total. The number of benzene rings is 1. The second-order valence-corrected chi connectivity index (χ2v) is 9.91. The van der Waals surface area contributed by atoms with E-state index in [0.29, 0.717) is 22.9 Å². The van der Waals surface area contributed by atoms with E-state index in [2.05, 4.69) is 30.1 Å². The molecule has 1 aliphatic rings. The molecule has 0 saturated carbocycles. The zero-order valence-corrected chi connectivity index (χ0v) is 26.4. The summed E-state index contributed by atoms with van der Waals surface area (Å²) in [6, 6.07) is 6.12. The zero-order chi connectivity index (χ0) is 29.2. The van der Waals surface area contributed by atoms with Crippen LogP contribution in [0.25, 0.3) is 0 Å². The number of fused-ring (bicyclic) bond motifs is 1. The molecule has 4 rings (SSSR count). The third-order valence-corrected chi connectivity index (χ3v) is 5.94. The summed E-state index contributed by atoms with van der Waals surface area (Å²) in [4.78, 5) is 44.4. The van der Waals surface area contributed by atoms with Crippen LogP contribution in [0, 0.1) is 5.82 Å². The van der Waals surface area contributed by atoms with Crippen LogP contribution in [0.1, 0.15) is 15.3 Å². The Morgan fingerprint density at radius 2 is 1.74 bits per heavy atom. The number of halogens is 1. The minimum atomic E-state index is -4.91. The monoisotopic (exact) mass is 622 g/mol. The summed E-state index contributed by atoms with van der Waals surface area (Å²) in [6.45, 7) is 2.16. The SMILES string of the molecule is COc1cc(Nc2ncc(F)c(Nc3ccc4c(n3)N(COP(=O)(O)O)C(=O)C(C)(C)O4)n2)cc(OC)c1OC.O.[H-].[Na+]. The molecule has 0 fully saturated rings. The number of nitrogens with zero attached hydrogens (tertiary/aromatic N) is 4. The number of carbonyl (C=O) groups is 1. The smallest absolute Gasteiger partial charge is 1.00 e. The molecule has 16 nitrogen and oxygen atoms in total. The van der Waals surface area contributed by atoms with Crippen LogP contribution in [0.3, 0.4) is 0 Å². The summed E-state index contributed by atoms with van der Waals surface area (Å²) in [7, 11) is -0.521. The number of rotatable bonds is 10. The number of nitrogens with one attached hydrogen (secondary N) is 2. The van der Waals surface area contributed by atoms with Gasteiger partial charge in [-0.3, -0.25) is 14.2 Å². The molecule has 224 valence electrons. The molecule has 0 atom stereocenters. The number of phosphoric ester groups is 1. The Bertz CT molecular complexity index is 1480.